The normalized spacial score (nSPS) is 24.1. The van der Waals surface area contributed by atoms with Crippen molar-refractivity contribution in [2.75, 3.05) is 13.1 Å². The standard InChI is InChI=1S/C19H20N2O3S/c22-25(23,17-10-5-2-6-11-17)21-13-7-12-19(15-21)14-18(20-24-19)16-8-3-1-4-9-16/h1-6,8-11H,7,12-15H2. The lowest BCUT2D eigenvalue weighted by Crippen LogP contribution is -2.50. The van der Waals surface area contributed by atoms with Crippen molar-refractivity contribution in [3.63, 3.8) is 0 Å². The second-order valence-electron chi connectivity index (χ2n) is 6.61. The van der Waals surface area contributed by atoms with E-state index in [1.54, 1.807) is 24.3 Å². The Balaban J connectivity index is 1.55. The first-order chi connectivity index (χ1) is 12.1. The SMILES string of the molecule is O=S(=O)(c1ccccc1)N1CCCC2(CC(c3ccccc3)=NO2)C1. The van der Waals surface area contributed by atoms with Crippen LogP contribution in [0.4, 0.5) is 0 Å². The fraction of sp³-hybridized carbons (Fsp3) is 0.316. The van der Waals surface area contributed by atoms with Gasteiger partial charge in [-0.3, -0.25) is 0 Å². The summed E-state index contributed by atoms with van der Waals surface area (Å²) in [5, 5.41) is 4.27. The monoisotopic (exact) mass is 356 g/mol. The molecule has 0 radical (unpaired) electrons. The molecule has 0 saturated carbocycles. The number of hydrogen-bond donors (Lipinski definition) is 0. The molecule has 2 aliphatic rings. The summed E-state index contributed by atoms with van der Waals surface area (Å²) in [7, 11) is -3.51. The summed E-state index contributed by atoms with van der Waals surface area (Å²) in [6.45, 7) is 0.854. The molecule has 130 valence electrons. The molecule has 1 saturated heterocycles. The van der Waals surface area contributed by atoms with Gasteiger partial charge in [0, 0.05) is 13.0 Å². The summed E-state index contributed by atoms with van der Waals surface area (Å²) in [6.07, 6.45) is 2.22. The Morgan fingerprint density at radius 3 is 2.40 bits per heavy atom. The molecule has 0 bridgehead atoms. The molecule has 2 aromatic rings. The molecule has 5 nitrogen and oxygen atoms in total. The number of nitrogens with zero attached hydrogens (tertiary/aromatic N) is 2. The quantitative estimate of drug-likeness (QED) is 0.849. The third-order valence-electron chi connectivity index (χ3n) is 4.83. The van der Waals surface area contributed by atoms with Crippen molar-refractivity contribution in [3.05, 3.63) is 66.2 Å². The van der Waals surface area contributed by atoms with Crippen LogP contribution in [0.2, 0.25) is 0 Å². The van der Waals surface area contributed by atoms with Gasteiger partial charge in [-0.15, -0.1) is 0 Å². The van der Waals surface area contributed by atoms with Crippen LogP contribution in [-0.4, -0.2) is 37.1 Å². The lowest BCUT2D eigenvalue weighted by Gasteiger charge is -2.37. The molecule has 2 heterocycles. The highest BCUT2D eigenvalue weighted by Gasteiger charge is 2.46. The van der Waals surface area contributed by atoms with Gasteiger partial charge in [0.25, 0.3) is 0 Å². The van der Waals surface area contributed by atoms with Crippen molar-refractivity contribution < 1.29 is 13.3 Å². The Morgan fingerprint density at radius 1 is 1.00 bits per heavy atom. The Kier molecular flexibility index (Phi) is 4.09. The maximum absolute atomic E-state index is 12.9. The van der Waals surface area contributed by atoms with Gasteiger partial charge in [0.1, 0.15) is 0 Å². The summed E-state index contributed by atoms with van der Waals surface area (Å²) in [5.74, 6) is 0. The molecular formula is C19H20N2O3S. The van der Waals surface area contributed by atoms with E-state index in [-0.39, 0.29) is 0 Å². The van der Waals surface area contributed by atoms with Crippen molar-refractivity contribution in [2.45, 2.75) is 29.8 Å². The molecule has 1 unspecified atom stereocenters. The predicted molar refractivity (Wildman–Crippen MR) is 95.8 cm³/mol. The van der Waals surface area contributed by atoms with Gasteiger partial charge >= 0.3 is 0 Å². The molecular weight excluding hydrogens is 336 g/mol. The van der Waals surface area contributed by atoms with Crippen molar-refractivity contribution in [1.82, 2.24) is 4.31 Å². The topological polar surface area (TPSA) is 59.0 Å². The van der Waals surface area contributed by atoms with Gasteiger partial charge in [0.2, 0.25) is 10.0 Å². The van der Waals surface area contributed by atoms with Gasteiger partial charge in [-0.1, -0.05) is 53.7 Å². The molecule has 2 aromatic carbocycles. The number of piperidine rings is 1. The molecule has 1 fully saturated rings. The molecule has 0 amide bonds. The van der Waals surface area contributed by atoms with Gasteiger partial charge < -0.3 is 4.84 Å². The summed E-state index contributed by atoms with van der Waals surface area (Å²) in [5.41, 5.74) is 1.37. The van der Waals surface area contributed by atoms with E-state index < -0.39 is 15.6 Å². The van der Waals surface area contributed by atoms with Gasteiger partial charge in [-0.2, -0.15) is 4.31 Å². The van der Waals surface area contributed by atoms with Crippen LogP contribution in [0.3, 0.4) is 0 Å². The molecule has 0 aromatic heterocycles. The number of sulfonamides is 1. The van der Waals surface area contributed by atoms with E-state index in [1.165, 1.54) is 4.31 Å². The van der Waals surface area contributed by atoms with Crippen LogP contribution >= 0.6 is 0 Å². The van der Waals surface area contributed by atoms with Gasteiger partial charge in [-0.25, -0.2) is 8.42 Å². The van der Waals surface area contributed by atoms with E-state index in [2.05, 4.69) is 5.16 Å². The predicted octanol–water partition coefficient (Wildman–Crippen LogP) is 3.03. The molecule has 4 rings (SSSR count). The summed E-state index contributed by atoms with van der Waals surface area (Å²) >= 11 is 0. The molecule has 0 aliphatic carbocycles. The molecule has 25 heavy (non-hydrogen) atoms. The lowest BCUT2D eigenvalue weighted by atomic mass is 9.87. The number of rotatable bonds is 3. The van der Waals surface area contributed by atoms with Gasteiger partial charge in [0.05, 0.1) is 17.2 Å². The van der Waals surface area contributed by atoms with Crippen LogP contribution in [0.1, 0.15) is 24.8 Å². The number of benzene rings is 2. The Hall–Kier alpha value is -2.18. The Morgan fingerprint density at radius 2 is 1.68 bits per heavy atom. The minimum Gasteiger partial charge on any atom is -0.387 e. The van der Waals surface area contributed by atoms with Crippen molar-refractivity contribution in [1.29, 1.82) is 0 Å². The minimum atomic E-state index is -3.51. The highest BCUT2D eigenvalue weighted by Crippen LogP contribution is 2.36. The average molecular weight is 356 g/mol. The Labute approximate surface area is 148 Å². The highest BCUT2D eigenvalue weighted by molar-refractivity contribution is 7.89. The summed E-state index contributed by atoms with van der Waals surface area (Å²) < 4.78 is 27.4. The van der Waals surface area contributed by atoms with Crippen LogP contribution in [0.15, 0.2) is 70.7 Å². The van der Waals surface area contributed by atoms with E-state index in [1.807, 2.05) is 36.4 Å². The smallest absolute Gasteiger partial charge is 0.243 e. The van der Waals surface area contributed by atoms with Crippen molar-refractivity contribution in [2.24, 2.45) is 5.16 Å². The van der Waals surface area contributed by atoms with Crippen LogP contribution in [0.5, 0.6) is 0 Å². The summed E-state index contributed by atoms with van der Waals surface area (Å²) in [4.78, 5) is 6.12. The third kappa shape index (κ3) is 3.07. The van der Waals surface area contributed by atoms with Crippen LogP contribution in [0, 0.1) is 0 Å². The fourth-order valence-electron chi connectivity index (χ4n) is 3.53. The zero-order chi connectivity index (χ0) is 17.3. The van der Waals surface area contributed by atoms with E-state index in [0.717, 1.165) is 24.1 Å². The second-order valence-corrected chi connectivity index (χ2v) is 8.55. The summed E-state index contributed by atoms with van der Waals surface area (Å²) in [6, 6.07) is 18.5. The van der Waals surface area contributed by atoms with E-state index in [9.17, 15) is 8.42 Å². The maximum Gasteiger partial charge on any atom is 0.243 e. The van der Waals surface area contributed by atoms with E-state index in [4.69, 9.17) is 4.84 Å². The maximum atomic E-state index is 12.9. The zero-order valence-corrected chi connectivity index (χ0v) is 14.7. The first-order valence-corrected chi connectivity index (χ1v) is 9.89. The van der Waals surface area contributed by atoms with E-state index in [0.29, 0.717) is 24.4 Å². The lowest BCUT2D eigenvalue weighted by molar-refractivity contribution is -0.0521. The first kappa shape index (κ1) is 16.3. The van der Waals surface area contributed by atoms with Crippen molar-refractivity contribution in [3.8, 4) is 0 Å². The first-order valence-electron chi connectivity index (χ1n) is 8.45. The second kappa shape index (κ2) is 6.28. The number of hydrogen-bond acceptors (Lipinski definition) is 4. The minimum absolute atomic E-state index is 0.328. The molecule has 0 N–H and O–H groups in total. The van der Waals surface area contributed by atoms with Gasteiger partial charge in [-0.05, 0) is 30.5 Å². The van der Waals surface area contributed by atoms with Crippen LogP contribution in [-0.2, 0) is 14.9 Å². The van der Waals surface area contributed by atoms with Crippen molar-refractivity contribution >= 4 is 15.7 Å². The fourth-order valence-corrected chi connectivity index (χ4v) is 5.10. The zero-order valence-electron chi connectivity index (χ0n) is 13.8. The highest BCUT2D eigenvalue weighted by atomic mass is 32.2. The molecule has 1 spiro atoms. The average Bonchev–Trinajstić information content (AvgIpc) is 3.06. The third-order valence-corrected chi connectivity index (χ3v) is 6.69. The number of oxime groups is 1. The largest absolute Gasteiger partial charge is 0.387 e. The van der Waals surface area contributed by atoms with Crippen LogP contribution in [0.25, 0.3) is 0 Å². The van der Waals surface area contributed by atoms with Gasteiger partial charge in [0.15, 0.2) is 5.60 Å². The molecule has 2 aliphatic heterocycles. The molecule has 6 heteroatoms. The molecule has 1 atom stereocenters. The van der Waals surface area contributed by atoms with E-state index >= 15 is 0 Å². The van der Waals surface area contributed by atoms with Crippen LogP contribution < -0.4 is 0 Å². The Bertz CT molecular complexity index is 881.